The Labute approximate surface area is 163 Å². The number of carbonyl (C=O) groups is 1. The lowest BCUT2D eigenvalue weighted by Crippen LogP contribution is -2.16. The molecule has 0 atom stereocenters. The van der Waals surface area contributed by atoms with Crippen molar-refractivity contribution in [1.82, 2.24) is 5.43 Å². The van der Waals surface area contributed by atoms with Crippen molar-refractivity contribution in [2.75, 3.05) is 6.61 Å². The fraction of sp³-hybridized carbons (Fsp3) is 0.0526. The van der Waals surface area contributed by atoms with E-state index < -0.39 is 5.91 Å². The topological polar surface area (TPSA) is 63.8 Å². The van der Waals surface area contributed by atoms with E-state index in [-0.39, 0.29) is 12.4 Å². The van der Waals surface area contributed by atoms with Gasteiger partial charge < -0.3 is 9.15 Å². The van der Waals surface area contributed by atoms with Gasteiger partial charge in [-0.25, -0.2) is 5.43 Å². The third kappa shape index (κ3) is 4.26. The van der Waals surface area contributed by atoms with Gasteiger partial charge in [0.1, 0.15) is 17.9 Å². The van der Waals surface area contributed by atoms with Crippen LogP contribution in [0.3, 0.4) is 0 Å². The lowest BCUT2D eigenvalue weighted by molar-refractivity contribution is 0.0929. The number of nitrogens with one attached hydrogen (secondary N) is 1. The van der Waals surface area contributed by atoms with Crippen molar-refractivity contribution < 1.29 is 13.9 Å². The van der Waals surface area contributed by atoms with Gasteiger partial charge in [-0.3, -0.25) is 4.79 Å². The van der Waals surface area contributed by atoms with Crippen LogP contribution in [-0.4, -0.2) is 18.7 Å². The first-order valence-electron chi connectivity index (χ1n) is 7.45. The van der Waals surface area contributed by atoms with Gasteiger partial charge in [0.25, 0.3) is 0 Å². The van der Waals surface area contributed by atoms with E-state index in [1.807, 2.05) is 0 Å². The summed E-state index contributed by atoms with van der Waals surface area (Å²) in [7, 11) is 0. The molecule has 5 nitrogen and oxygen atoms in total. The van der Waals surface area contributed by atoms with E-state index in [4.69, 9.17) is 27.2 Å². The van der Waals surface area contributed by atoms with Gasteiger partial charge in [-0.1, -0.05) is 17.5 Å². The monoisotopic (exact) mass is 430 g/mol. The van der Waals surface area contributed by atoms with Gasteiger partial charge >= 0.3 is 5.91 Å². The molecule has 26 heavy (non-hydrogen) atoms. The van der Waals surface area contributed by atoms with Crippen molar-refractivity contribution in [1.29, 1.82) is 0 Å². The Morgan fingerprint density at radius 2 is 2.19 bits per heavy atom. The first kappa shape index (κ1) is 18.1. The largest absolute Gasteiger partial charge is 0.480 e. The third-order valence-corrected chi connectivity index (χ3v) is 4.20. The average Bonchev–Trinajstić information content (AvgIpc) is 3.04. The number of furan rings is 1. The second-order valence-corrected chi connectivity index (χ2v) is 6.47. The molecule has 3 rings (SSSR count). The number of amides is 1. The van der Waals surface area contributed by atoms with Crippen molar-refractivity contribution in [3.63, 3.8) is 0 Å². The standard InChI is InChI=1S/C19H12BrClN2O3/c1-2-7-25-17-5-3-12(8-15(17)20)11-22-23-19(24)18-10-13-9-14(21)4-6-16(13)26-18/h1,3-6,8-11H,7H2,(H,23,24)/b22-11+. The molecule has 0 aliphatic heterocycles. The lowest BCUT2D eigenvalue weighted by Gasteiger charge is -2.05. The summed E-state index contributed by atoms with van der Waals surface area (Å²) in [6, 6.07) is 12.1. The zero-order valence-corrected chi connectivity index (χ0v) is 15.7. The summed E-state index contributed by atoms with van der Waals surface area (Å²) in [5, 5.41) is 5.25. The summed E-state index contributed by atoms with van der Waals surface area (Å²) in [5.41, 5.74) is 3.77. The lowest BCUT2D eigenvalue weighted by atomic mass is 10.2. The molecule has 0 unspecified atom stereocenters. The second-order valence-electron chi connectivity index (χ2n) is 5.17. The summed E-state index contributed by atoms with van der Waals surface area (Å²) in [6.45, 7) is 0.185. The van der Waals surface area contributed by atoms with Gasteiger partial charge in [0, 0.05) is 10.4 Å². The summed E-state index contributed by atoms with van der Waals surface area (Å²) < 4.78 is 11.6. The maximum Gasteiger partial charge on any atom is 0.307 e. The Morgan fingerprint density at radius 3 is 2.96 bits per heavy atom. The summed E-state index contributed by atoms with van der Waals surface area (Å²) in [6.07, 6.45) is 6.67. The van der Waals surface area contributed by atoms with Crippen LogP contribution in [0.15, 0.2) is 56.5 Å². The number of fused-ring (bicyclic) bond motifs is 1. The molecule has 0 aliphatic rings. The first-order chi connectivity index (χ1) is 12.6. The highest BCUT2D eigenvalue weighted by atomic mass is 79.9. The van der Waals surface area contributed by atoms with E-state index in [0.29, 0.717) is 16.4 Å². The van der Waals surface area contributed by atoms with Crippen LogP contribution in [-0.2, 0) is 0 Å². The van der Waals surface area contributed by atoms with Crippen LogP contribution in [0.5, 0.6) is 5.75 Å². The van der Waals surface area contributed by atoms with E-state index in [0.717, 1.165) is 15.4 Å². The predicted octanol–water partition coefficient (Wildman–Crippen LogP) is 4.62. The Morgan fingerprint density at radius 1 is 1.35 bits per heavy atom. The molecule has 7 heteroatoms. The molecule has 0 radical (unpaired) electrons. The molecule has 3 aromatic rings. The molecule has 0 saturated heterocycles. The summed E-state index contributed by atoms with van der Waals surface area (Å²) in [5.74, 6) is 2.72. The molecule has 0 spiro atoms. The molecule has 130 valence electrons. The minimum absolute atomic E-state index is 0.152. The van der Waals surface area contributed by atoms with Gasteiger partial charge in [-0.15, -0.1) is 6.42 Å². The third-order valence-electron chi connectivity index (χ3n) is 3.35. The van der Waals surface area contributed by atoms with E-state index in [9.17, 15) is 4.79 Å². The highest BCUT2D eigenvalue weighted by Gasteiger charge is 2.11. The highest BCUT2D eigenvalue weighted by Crippen LogP contribution is 2.25. The molecule has 1 aromatic heterocycles. The average molecular weight is 432 g/mol. The molecule has 1 amide bonds. The van der Waals surface area contributed by atoms with Crippen molar-refractivity contribution in [2.45, 2.75) is 0 Å². The maximum absolute atomic E-state index is 12.1. The quantitative estimate of drug-likeness (QED) is 0.364. The number of terminal acetylenes is 1. The maximum atomic E-state index is 12.1. The van der Waals surface area contributed by atoms with Gasteiger partial charge in [0.2, 0.25) is 0 Å². The van der Waals surface area contributed by atoms with Crippen LogP contribution in [0.1, 0.15) is 16.1 Å². The zero-order valence-electron chi connectivity index (χ0n) is 13.3. The van der Waals surface area contributed by atoms with E-state index >= 15 is 0 Å². The minimum atomic E-state index is -0.457. The fourth-order valence-electron chi connectivity index (χ4n) is 2.18. The molecular formula is C19H12BrClN2O3. The number of nitrogens with zero attached hydrogens (tertiary/aromatic N) is 1. The number of ether oxygens (including phenoxy) is 1. The van der Waals surface area contributed by atoms with Gasteiger partial charge in [0.05, 0.1) is 10.7 Å². The van der Waals surface area contributed by atoms with Gasteiger partial charge in [-0.2, -0.15) is 5.10 Å². The Kier molecular flexibility index (Phi) is 5.61. The number of hydrazone groups is 1. The van der Waals surface area contributed by atoms with Crippen molar-refractivity contribution >= 4 is 50.6 Å². The van der Waals surface area contributed by atoms with Crippen molar-refractivity contribution in [3.8, 4) is 18.1 Å². The van der Waals surface area contributed by atoms with Gasteiger partial charge in [-0.05, 0) is 64.0 Å². The number of hydrogen-bond acceptors (Lipinski definition) is 4. The minimum Gasteiger partial charge on any atom is -0.480 e. The second kappa shape index (κ2) is 8.09. The predicted molar refractivity (Wildman–Crippen MR) is 105 cm³/mol. The van der Waals surface area contributed by atoms with Crippen LogP contribution in [0, 0.1) is 12.3 Å². The van der Waals surface area contributed by atoms with Crippen LogP contribution in [0.2, 0.25) is 5.02 Å². The van der Waals surface area contributed by atoms with Crippen LogP contribution in [0.25, 0.3) is 11.0 Å². The Bertz CT molecular complexity index is 1040. The van der Waals surface area contributed by atoms with Crippen LogP contribution < -0.4 is 10.2 Å². The number of rotatable bonds is 5. The fourth-order valence-corrected chi connectivity index (χ4v) is 2.87. The smallest absolute Gasteiger partial charge is 0.307 e. The van der Waals surface area contributed by atoms with Crippen molar-refractivity contribution in [2.24, 2.45) is 5.10 Å². The van der Waals surface area contributed by atoms with E-state index in [1.165, 1.54) is 6.21 Å². The molecule has 1 N–H and O–H groups in total. The zero-order chi connectivity index (χ0) is 18.5. The molecule has 0 fully saturated rings. The normalized spacial score (nSPS) is 10.8. The van der Waals surface area contributed by atoms with E-state index in [1.54, 1.807) is 42.5 Å². The van der Waals surface area contributed by atoms with E-state index in [2.05, 4.69) is 32.4 Å². The Hall–Kier alpha value is -2.75. The van der Waals surface area contributed by atoms with Crippen LogP contribution >= 0.6 is 27.5 Å². The number of hydrogen-bond donors (Lipinski definition) is 1. The van der Waals surface area contributed by atoms with Gasteiger partial charge in [0.15, 0.2) is 5.76 Å². The molecular weight excluding hydrogens is 420 g/mol. The first-order valence-corrected chi connectivity index (χ1v) is 8.62. The molecule has 2 aromatic carbocycles. The number of carbonyl (C=O) groups excluding carboxylic acids is 1. The van der Waals surface area contributed by atoms with Crippen molar-refractivity contribution in [3.05, 3.63) is 63.3 Å². The highest BCUT2D eigenvalue weighted by molar-refractivity contribution is 9.10. The van der Waals surface area contributed by atoms with Crippen LogP contribution in [0.4, 0.5) is 0 Å². The molecule has 0 bridgehead atoms. The molecule has 0 saturated carbocycles. The Balaban J connectivity index is 1.66. The SMILES string of the molecule is C#CCOc1ccc(/C=N/NC(=O)c2cc3cc(Cl)ccc3o2)cc1Br. The number of halogens is 2. The molecule has 0 aliphatic carbocycles. The number of benzene rings is 2. The summed E-state index contributed by atoms with van der Waals surface area (Å²) >= 11 is 9.31. The summed E-state index contributed by atoms with van der Waals surface area (Å²) in [4.78, 5) is 12.1. The molecule has 1 heterocycles.